The molecule has 1 aromatic carbocycles. The van der Waals surface area contributed by atoms with Crippen LogP contribution in [0, 0.1) is 0 Å². The molecule has 0 saturated carbocycles. The van der Waals surface area contributed by atoms with Crippen LogP contribution in [0.25, 0.3) is 11.1 Å². The quantitative estimate of drug-likeness (QED) is 0.658. The molecular formula is C23H28ClN3O5. The number of aromatic nitrogens is 1. The van der Waals surface area contributed by atoms with Crippen LogP contribution in [0.4, 0.5) is 4.79 Å². The molecule has 1 aliphatic rings. The number of amides is 2. The molecule has 2 aromatic rings. The monoisotopic (exact) mass is 461 g/mol. The Hall–Kier alpha value is -2.84. The Balaban J connectivity index is 1.54. The number of nitrogens with one attached hydrogen (secondary N) is 1. The van der Waals surface area contributed by atoms with Gasteiger partial charge >= 0.3 is 6.09 Å². The third kappa shape index (κ3) is 6.83. The van der Waals surface area contributed by atoms with E-state index >= 15 is 0 Å². The van der Waals surface area contributed by atoms with E-state index < -0.39 is 11.7 Å². The van der Waals surface area contributed by atoms with Gasteiger partial charge in [-0.2, -0.15) is 0 Å². The smallest absolute Gasteiger partial charge is 0.407 e. The summed E-state index contributed by atoms with van der Waals surface area (Å²) in [5.74, 6) is 0.412. The largest absolute Gasteiger partial charge is 0.490 e. The predicted octanol–water partition coefficient (Wildman–Crippen LogP) is 3.78. The van der Waals surface area contributed by atoms with E-state index in [1.54, 1.807) is 50.1 Å². The minimum absolute atomic E-state index is 0.0957. The lowest BCUT2D eigenvalue weighted by Gasteiger charge is -2.26. The number of morpholine rings is 1. The van der Waals surface area contributed by atoms with Crippen molar-refractivity contribution in [1.82, 2.24) is 15.2 Å². The summed E-state index contributed by atoms with van der Waals surface area (Å²) in [6, 6.07) is 8.96. The Kier molecular flexibility index (Phi) is 7.93. The second-order valence-electron chi connectivity index (χ2n) is 8.26. The maximum atomic E-state index is 12.5. The van der Waals surface area contributed by atoms with Crippen LogP contribution in [-0.4, -0.2) is 66.9 Å². The van der Waals surface area contributed by atoms with Gasteiger partial charge in [-0.25, -0.2) is 4.79 Å². The zero-order valence-corrected chi connectivity index (χ0v) is 19.3. The zero-order chi connectivity index (χ0) is 23.1. The van der Waals surface area contributed by atoms with Crippen LogP contribution in [-0.2, 0) is 9.47 Å². The molecule has 2 heterocycles. The van der Waals surface area contributed by atoms with E-state index in [0.29, 0.717) is 42.8 Å². The number of carbonyl (C=O) groups is 2. The number of benzene rings is 1. The first kappa shape index (κ1) is 23.8. The Bertz CT molecular complexity index is 938. The van der Waals surface area contributed by atoms with Crippen LogP contribution in [0.5, 0.6) is 5.75 Å². The van der Waals surface area contributed by atoms with Crippen LogP contribution >= 0.6 is 11.6 Å². The van der Waals surface area contributed by atoms with Crippen LogP contribution in [0.3, 0.4) is 0 Å². The highest BCUT2D eigenvalue weighted by Gasteiger charge is 2.19. The van der Waals surface area contributed by atoms with Crippen molar-refractivity contribution in [1.29, 1.82) is 0 Å². The molecule has 1 fully saturated rings. The lowest BCUT2D eigenvalue weighted by molar-refractivity contribution is 0.0299. The fraction of sp³-hybridized carbons (Fsp3) is 0.435. The van der Waals surface area contributed by atoms with Crippen molar-refractivity contribution in [2.75, 3.05) is 39.5 Å². The van der Waals surface area contributed by atoms with Crippen LogP contribution in [0.15, 0.2) is 36.5 Å². The van der Waals surface area contributed by atoms with Gasteiger partial charge in [0.1, 0.15) is 23.7 Å². The molecular weight excluding hydrogens is 434 g/mol. The third-order valence-electron chi connectivity index (χ3n) is 4.57. The molecule has 0 bridgehead atoms. The van der Waals surface area contributed by atoms with E-state index in [-0.39, 0.29) is 19.1 Å². The maximum absolute atomic E-state index is 12.5. The second kappa shape index (κ2) is 10.7. The van der Waals surface area contributed by atoms with Gasteiger partial charge in [-0.3, -0.25) is 9.78 Å². The minimum Gasteiger partial charge on any atom is -0.490 e. The summed E-state index contributed by atoms with van der Waals surface area (Å²) < 4.78 is 16.1. The number of nitrogens with zero attached hydrogens (tertiary/aromatic N) is 2. The molecule has 0 radical (unpaired) electrons. The number of halogens is 1. The summed E-state index contributed by atoms with van der Waals surface area (Å²) in [6.07, 6.45) is 1.16. The highest BCUT2D eigenvalue weighted by atomic mass is 35.5. The first-order chi connectivity index (χ1) is 15.2. The van der Waals surface area contributed by atoms with Gasteiger partial charge in [-0.1, -0.05) is 23.7 Å². The molecule has 1 aliphatic heterocycles. The van der Waals surface area contributed by atoms with Crippen molar-refractivity contribution in [3.8, 4) is 16.9 Å². The van der Waals surface area contributed by atoms with Crippen molar-refractivity contribution >= 4 is 23.6 Å². The van der Waals surface area contributed by atoms with E-state index in [4.69, 9.17) is 25.8 Å². The highest BCUT2D eigenvalue weighted by molar-refractivity contribution is 6.32. The molecule has 0 spiro atoms. The number of alkyl carbamates (subject to hydrolysis) is 1. The lowest BCUT2D eigenvalue weighted by Crippen LogP contribution is -2.41. The molecule has 9 heteroatoms. The fourth-order valence-electron chi connectivity index (χ4n) is 3.05. The van der Waals surface area contributed by atoms with Gasteiger partial charge in [0.15, 0.2) is 0 Å². The van der Waals surface area contributed by atoms with Gasteiger partial charge in [-0.05, 0) is 44.5 Å². The highest BCUT2D eigenvalue weighted by Crippen LogP contribution is 2.30. The molecule has 8 nitrogen and oxygen atoms in total. The Morgan fingerprint density at radius 3 is 2.50 bits per heavy atom. The number of carbonyl (C=O) groups excluding carboxylic acids is 2. The van der Waals surface area contributed by atoms with Gasteiger partial charge in [0.2, 0.25) is 0 Å². The normalized spacial score (nSPS) is 14.1. The first-order valence-electron chi connectivity index (χ1n) is 10.5. The predicted molar refractivity (Wildman–Crippen MR) is 121 cm³/mol. The van der Waals surface area contributed by atoms with Crippen molar-refractivity contribution in [2.45, 2.75) is 26.4 Å². The molecule has 172 valence electrons. The van der Waals surface area contributed by atoms with Crippen molar-refractivity contribution in [3.05, 3.63) is 47.2 Å². The number of ether oxygens (including phenoxy) is 3. The molecule has 1 aromatic heterocycles. The summed E-state index contributed by atoms with van der Waals surface area (Å²) in [5, 5.41) is 3.07. The maximum Gasteiger partial charge on any atom is 0.407 e. The molecule has 1 saturated heterocycles. The molecule has 0 aliphatic carbocycles. The number of rotatable bonds is 6. The average Bonchev–Trinajstić information content (AvgIpc) is 2.76. The summed E-state index contributed by atoms with van der Waals surface area (Å²) in [4.78, 5) is 30.2. The van der Waals surface area contributed by atoms with Gasteiger partial charge in [0.05, 0.1) is 24.8 Å². The van der Waals surface area contributed by atoms with Crippen LogP contribution in [0.1, 0.15) is 31.3 Å². The van der Waals surface area contributed by atoms with Crippen molar-refractivity contribution < 1.29 is 23.8 Å². The van der Waals surface area contributed by atoms with Crippen molar-refractivity contribution in [3.63, 3.8) is 0 Å². The zero-order valence-electron chi connectivity index (χ0n) is 18.5. The van der Waals surface area contributed by atoms with Gasteiger partial charge < -0.3 is 24.4 Å². The van der Waals surface area contributed by atoms with Gasteiger partial charge in [-0.15, -0.1) is 0 Å². The molecule has 0 atom stereocenters. The SMILES string of the molecule is CC(C)(C)OC(=O)NCCOc1ccc(-c2ccc(C(=O)N3CCOCC3)nc2)cc1Cl. The molecule has 1 N–H and O–H groups in total. The molecule has 3 rings (SSSR count). The summed E-state index contributed by atoms with van der Waals surface area (Å²) in [5.41, 5.74) is 1.54. The standard InChI is InChI=1S/C23H28ClN3O5/c1-23(2,3)32-22(29)25-8-11-31-20-7-5-16(14-18(20)24)17-4-6-19(26-15-17)21(28)27-9-12-30-13-10-27/h4-7,14-15H,8-13H2,1-3H3,(H,25,29). The number of hydrogen-bond donors (Lipinski definition) is 1. The topological polar surface area (TPSA) is 90.0 Å². The third-order valence-corrected chi connectivity index (χ3v) is 4.87. The number of hydrogen-bond acceptors (Lipinski definition) is 6. The summed E-state index contributed by atoms with van der Waals surface area (Å²) in [6.45, 7) is 8.19. The number of pyridine rings is 1. The fourth-order valence-corrected chi connectivity index (χ4v) is 3.28. The van der Waals surface area contributed by atoms with E-state index in [2.05, 4.69) is 10.3 Å². The molecule has 32 heavy (non-hydrogen) atoms. The van der Waals surface area contributed by atoms with E-state index in [9.17, 15) is 9.59 Å². The van der Waals surface area contributed by atoms with E-state index in [1.807, 2.05) is 12.1 Å². The first-order valence-corrected chi connectivity index (χ1v) is 10.8. The van der Waals surface area contributed by atoms with Crippen LogP contribution in [0.2, 0.25) is 5.02 Å². The second-order valence-corrected chi connectivity index (χ2v) is 8.67. The van der Waals surface area contributed by atoms with Crippen LogP contribution < -0.4 is 10.1 Å². The summed E-state index contributed by atoms with van der Waals surface area (Å²) >= 11 is 6.36. The van der Waals surface area contributed by atoms with E-state index in [0.717, 1.165) is 11.1 Å². The Morgan fingerprint density at radius 1 is 1.16 bits per heavy atom. The molecule has 2 amide bonds. The van der Waals surface area contributed by atoms with Gasteiger partial charge in [0.25, 0.3) is 5.91 Å². The molecule has 0 unspecified atom stereocenters. The Labute approximate surface area is 192 Å². The summed E-state index contributed by atoms with van der Waals surface area (Å²) in [7, 11) is 0. The van der Waals surface area contributed by atoms with E-state index in [1.165, 1.54) is 0 Å². The van der Waals surface area contributed by atoms with Crippen molar-refractivity contribution in [2.24, 2.45) is 0 Å². The Morgan fingerprint density at radius 2 is 1.88 bits per heavy atom. The lowest BCUT2D eigenvalue weighted by atomic mass is 10.1. The average molecular weight is 462 g/mol. The van der Waals surface area contributed by atoms with Gasteiger partial charge in [0, 0.05) is 24.8 Å². The minimum atomic E-state index is -0.549.